The summed E-state index contributed by atoms with van der Waals surface area (Å²) in [6, 6.07) is 8.84. The van der Waals surface area contributed by atoms with Gasteiger partial charge in [0, 0.05) is 29.9 Å². The molecule has 3 heteroatoms. The number of pyridine rings is 1. The standard InChI is InChI=1S/C15H19N3/c1-2-10-18(11-5-6-11)14-8-7-13(16)12-4-3-9-17-15(12)14/h3-4,7-9,11H,2,5-6,10,16H2,1H3. The van der Waals surface area contributed by atoms with Crippen molar-refractivity contribution >= 4 is 22.3 Å². The Morgan fingerprint density at radius 3 is 2.89 bits per heavy atom. The summed E-state index contributed by atoms with van der Waals surface area (Å²) < 4.78 is 0. The third-order valence-electron chi connectivity index (χ3n) is 3.54. The first-order valence-corrected chi connectivity index (χ1v) is 6.71. The van der Waals surface area contributed by atoms with E-state index in [1.807, 2.05) is 18.3 Å². The number of nitrogens with two attached hydrogens (primary N) is 1. The van der Waals surface area contributed by atoms with E-state index >= 15 is 0 Å². The van der Waals surface area contributed by atoms with Crippen LogP contribution >= 0.6 is 0 Å². The number of fused-ring (bicyclic) bond motifs is 1. The summed E-state index contributed by atoms with van der Waals surface area (Å²) >= 11 is 0. The maximum atomic E-state index is 6.03. The topological polar surface area (TPSA) is 42.1 Å². The van der Waals surface area contributed by atoms with Gasteiger partial charge in [0.25, 0.3) is 0 Å². The predicted molar refractivity (Wildman–Crippen MR) is 76.8 cm³/mol. The number of rotatable bonds is 4. The number of hydrogen-bond donors (Lipinski definition) is 1. The molecule has 0 aliphatic heterocycles. The van der Waals surface area contributed by atoms with Gasteiger partial charge in [0.1, 0.15) is 0 Å². The zero-order chi connectivity index (χ0) is 12.5. The molecule has 1 heterocycles. The Morgan fingerprint density at radius 2 is 2.17 bits per heavy atom. The lowest BCUT2D eigenvalue weighted by molar-refractivity contribution is 0.765. The second kappa shape index (κ2) is 4.48. The smallest absolute Gasteiger partial charge is 0.0956 e. The first-order chi connectivity index (χ1) is 8.81. The van der Waals surface area contributed by atoms with Crippen LogP contribution in [-0.2, 0) is 0 Å². The molecule has 1 saturated carbocycles. The molecule has 94 valence electrons. The second-order valence-corrected chi connectivity index (χ2v) is 5.00. The van der Waals surface area contributed by atoms with Crippen molar-refractivity contribution in [1.29, 1.82) is 0 Å². The van der Waals surface area contributed by atoms with Crippen LogP contribution < -0.4 is 10.6 Å². The molecule has 0 spiro atoms. The highest BCUT2D eigenvalue weighted by Gasteiger charge is 2.29. The summed E-state index contributed by atoms with van der Waals surface area (Å²) in [6.07, 6.45) is 5.62. The summed E-state index contributed by atoms with van der Waals surface area (Å²) in [5, 5.41) is 1.07. The molecule has 0 radical (unpaired) electrons. The van der Waals surface area contributed by atoms with Gasteiger partial charge < -0.3 is 10.6 Å². The van der Waals surface area contributed by atoms with Crippen LogP contribution in [0.3, 0.4) is 0 Å². The Hall–Kier alpha value is -1.77. The molecule has 0 unspecified atom stereocenters. The third-order valence-corrected chi connectivity index (χ3v) is 3.54. The number of aromatic nitrogens is 1. The van der Waals surface area contributed by atoms with Gasteiger partial charge >= 0.3 is 0 Å². The fraction of sp³-hybridized carbons (Fsp3) is 0.400. The van der Waals surface area contributed by atoms with Crippen LogP contribution in [0.4, 0.5) is 11.4 Å². The Labute approximate surface area is 108 Å². The van der Waals surface area contributed by atoms with Crippen molar-refractivity contribution in [3.05, 3.63) is 30.5 Å². The maximum absolute atomic E-state index is 6.03. The average molecular weight is 241 g/mol. The molecule has 3 rings (SSSR count). The lowest BCUT2D eigenvalue weighted by Crippen LogP contribution is -2.26. The van der Waals surface area contributed by atoms with Crippen LogP contribution in [0.1, 0.15) is 26.2 Å². The molecule has 1 aliphatic carbocycles. The van der Waals surface area contributed by atoms with Crippen molar-refractivity contribution in [3.63, 3.8) is 0 Å². The van der Waals surface area contributed by atoms with Crippen LogP contribution in [0.2, 0.25) is 0 Å². The molecule has 0 amide bonds. The quantitative estimate of drug-likeness (QED) is 0.836. The lowest BCUT2D eigenvalue weighted by Gasteiger charge is -2.25. The highest BCUT2D eigenvalue weighted by atomic mass is 15.2. The maximum Gasteiger partial charge on any atom is 0.0956 e. The van der Waals surface area contributed by atoms with Crippen molar-refractivity contribution < 1.29 is 0 Å². The highest BCUT2D eigenvalue weighted by molar-refractivity contribution is 5.98. The first kappa shape index (κ1) is 11.3. The highest BCUT2D eigenvalue weighted by Crippen LogP contribution is 2.36. The fourth-order valence-corrected chi connectivity index (χ4v) is 2.54. The van der Waals surface area contributed by atoms with Crippen LogP contribution in [0.15, 0.2) is 30.5 Å². The van der Waals surface area contributed by atoms with Crippen LogP contribution in [0.25, 0.3) is 10.9 Å². The summed E-state index contributed by atoms with van der Waals surface area (Å²) in [4.78, 5) is 7.03. The van der Waals surface area contributed by atoms with Crippen molar-refractivity contribution in [1.82, 2.24) is 4.98 Å². The van der Waals surface area contributed by atoms with E-state index < -0.39 is 0 Å². The van der Waals surface area contributed by atoms with Crippen molar-refractivity contribution in [3.8, 4) is 0 Å². The molecular formula is C15H19N3. The minimum absolute atomic E-state index is 0.707. The number of nitrogen functional groups attached to an aromatic ring is 1. The van der Waals surface area contributed by atoms with Gasteiger partial charge in [-0.25, -0.2) is 0 Å². The molecule has 0 bridgehead atoms. The normalized spacial score (nSPS) is 14.9. The van der Waals surface area contributed by atoms with E-state index in [1.165, 1.54) is 18.5 Å². The zero-order valence-electron chi connectivity index (χ0n) is 10.8. The molecule has 18 heavy (non-hydrogen) atoms. The second-order valence-electron chi connectivity index (χ2n) is 5.00. The summed E-state index contributed by atoms with van der Waals surface area (Å²) in [5.74, 6) is 0. The van der Waals surface area contributed by atoms with E-state index in [4.69, 9.17) is 5.73 Å². The SMILES string of the molecule is CCCN(c1ccc(N)c2cccnc12)C1CC1. The monoisotopic (exact) mass is 241 g/mol. The Morgan fingerprint density at radius 1 is 1.33 bits per heavy atom. The molecule has 2 aromatic rings. The molecule has 1 aliphatic rings. The number of benzene rings is 1. The molecular weight excluding hydrogens is 222 g/mol. The van der Waals surface area contributed by atoms with Gasteiger partial charge in [-0.05, 0) is 43.5 Å². The van der Waals surface area contributed by atoms with E-state index in [-0.39, 0.29) is 0 Å². The Balaban J connectivity index is 2.12. The van der Waals surface area contributed by atoms with E-state index in [9.17, 15) is 0 Å². The van der Waals surface area contributed by atoms with Crippen molar-refractivity contribution in [2.24, 2.45) is 0 Å². The largest absolute Gasteiger partial charge is 0.398 e. The van der Waals surface area contributed by atoms with Crippen molar-refractivity contribution in [2.75, 3.05) is 17.2 Å². The lowest BCUT2D eigenvalue weighted by atomic mass is 10.1. The van der Waals surface area contributed by atoms with E-state index in [0.717, 1.165) is 29.6 Å². The van der Waals surface area contributed by atoms with E-state index in [0.29, 0.717) is 6.04 Å². The molecule has 1 aromatic heterocycles. The van der Waals surface area contributed by atoms with Crippen LogP contribution in [-0.4, -0.2) is 17.6 Å². The van der Waals surface area contributed by atoms with Crippen LogP contribution in [0.5, 0.6) is 0 Å². The van der Waals surface area contributed by atoms with Gasteiger partial charge in [-0.15, -0.1) is 0 Å². The van der Waals surface area contributed by atoms with Gasteiger partial charge in [0.2, 0.25) is 0 Å². The molecule has 0 saturated heterocycles. The molecule has 1 fully saturated rings. The summed E-state index contributed by atoms with van der Waals surface area (Å²) in [6.45, 7) is 3.32. The minimum Gasteiger partial charge on any atom is -0.398 e. The molecule has 1 aromatic carbocycles. The minimum atomic E-state index is 0.707. The van der Waals surface area contributed by atoms with Gasteiger partial charge in [0.15, 0.2) is 0 Å². The number of nitrogens with zero attached hydrogens (tertiary/aromatic N) is 2. The Kier molecular flexibility index (Phi) is 2.82. The van der Waals surface area contributed by atoms with Crippen molar-refractivity contribution in [2.45, 2.75) is 32.2 Å². The molecule has 0 atom stereocenters. The Bertz CT molecular complexity index is 561. The van der Waals surface area contributed by atoms with Crippen LogP contribution in [0, 0.1) is 0 Å². The molecule has 3 nitrogen and oxygen atoms in total. The zero-order valence-corrected chi connectivity index (χ0v) is 10.8. The number of anilines is 2. The van der Waals surface area contributed by atoms with Gasteiger partial charge in [-0.2, -0.15) is 0 Å². The fourth-order valence-electron chi connectivity index (χ4n) is 2.54. The van der Waals surface area contributed by atoms with Gasteiger partial charge in [-0.3, -0.25) is 4.98 Å². The number of hydrogen-bond acceptors (Lipinski definition) is 3. The molecule has 2 N–H and O–H groups in total. The summed E-state index contributed by atoms with van der Waals surface area (Å²) in [7, 11) is 0. The van der Waals surface area contributed by atoms with Gasteiger partial charge in [0.05, 0.1) is 11.2 Å². The first-order valence-electron chi connectivity index (χ1n) is 6.71. The van der Waals surface area contributed by atoms with E-state index in [1.54, 1.807) is 0 Å². The predicted octanol–water partition coefficient (Wildman–Crippen LogP) is 3.20. The third kappa shape index (κ3) is 1.90. The summed E-state index contributed by atoms with van der Waals surface area (Å²) in [5.41, 5.74) is 9.13. The average Bonchev–Trinajstić information content (AvgIpc) is 3.22. The van der Waals surface area contributed by atoms with Gasteiger partial charge in [-0.1, -0.05) is 6.92 Å². The van der Waals surface area contributed by atoms with E-state index in [2.05, 4.69) is 28.9 Å².